The number of nitrogens with two attached hydrogens (primary N) is 4. The molecule has 9 N–H and O–H groups in total. The van der Waals surface area contributed by atoms with Gasteiger partial charge >= 0.3 is 0 Å². The molecule has 0 aliphatic carbocycles. The number of hydrogen-bond donors (Lipinski definition) is 5. The van der Waals surface area contributed by atoms with Crippen molar-refractivity contribution in [3.63, 3.8) is 0 Å². The Morgan fingerprint density at radius 1 is 0.270 bits per heavy atom. The third-order valence-corrected chi connectivity index (χ3v) is 22.9. The monoisotopic (exact) mass is 1690 g/mol. The Balaban J connectivity index is 1.79. The van der Waals surface area contributed by atoms with Crippen molar-refractivity contribution in [2.45, 2.75) is 221 Å². The van der Waals surface area contributed by atoms with Crippen molar-refractivity contribution < 1.29 is 52.7 Å². The highest BCUT2D eigenvalue weighted by Gasteiger charge is 2.34. The summed E-state index contributed by atoms with van der Waals surface area (Å²) in [5.41, 5.74) is 27.3. The van der Waals surface area contributed by atoms with E-state index in [0.29, 0.717) is 58.2 Å². The van der Waals surface area contributed by atoms with E-state index in [1.54, 1.807) is 9.80 Å². The highest BCUT2D eigenvalue weighted by Crippen LogP contribution is 2.21. The number of nitrogens with zero attached hydrogens (tertiary/aromatic N) is 10. The number of rotatable bonds is 70. The molecule has 11 amide bonds. The van der Waals surface area contributed by atoms with Crippen LogP contribution in [0.1, 0.15) is 218 Å². The van der Waals surface area contributed by atoms with Gasteiger partial charge in [0.05, 0.1) is 72.0 Å². The van der Waals surface area contributed by atoms with Crippen molar-refractivity contribution in [3.8, 4) is 0 Å². The number of benzene rings is 4. The van der Waals surface area contributed by atoms with E-state index in [-0.39, 0.29) is 128 Å². The van der Waals surface area contributed by atoms with E-state index in [1.807, 2.05) is 121 Å². The molecule has 0 spiro atoms. The molecule has 0 fully saturated rings. The summed E-state index contributed by atoms with van der Waals surface area (Å²) in [7, 11) is 0. The molecule has 680 valence electrons. The number of amides is 11. The van der Waals surface area contributed by atoms with Crippen molar-refractivity contribution in [3.05, 3.63) is 144 Å². The standard InChI is InChI=1S/C96H155N15O11/c1-7-13-17-19-21-23-25-39-59-102(78-96(122)111(69-81(12-6)42-16-10-4)79-94(120)103(60-40-26-24-22-20-18-14-8-2)77-95(121)110(70-86(100)112)68-80(11-5)41-15-9-3)88(114)71-104(61-51-82-43-31-27-32-44-82)89(115)73-106(63-53-84-47-35-29-36-48-84)92(118)76-109(66-57-99)93(119)74-107(64-54-85-49-37-30-38-50-85)90(116)72-105(62-52-83-45-33-28-34-46-83)91(117)75-108(65-56-98)87(113)67-101-58-55-97/h27-38,43-50,80-81,101H,7-26,39-42,51-79,97-99H2,1-6H3,(H2,100,112). The molecule has 122 heavy (non-hydrogen) atoms. The molecule has 4 aromatic rings. The number of carbonyl (C=O) groups is 11. The summed E-state index contributed by atoms with van der Waals surface area (Å²) in [6.45, 7) is 10.3. The maximum atomic E-state index is 15.7. The van der Waals surface area contributed by atoms with E-state index < -0.39 is 92.4 Å². The highest BCUT2D eigenvalue weighted by molar-refractivity contribution is 5.95. The van der Waals surface area contributed by atoms with Gasteiger partial charge in [0, 0.05) is 91.6 Å². The summed E-state index contributed by atoms with van der Waals surface area (Å²) in [5.74, 6) is -5.48. The fourth-order valence-electron chi connectivity index (χ4n) is 15.1. The molecule has 0 bridgehead atoms. The van der Waals surface area contributed by atoms with Gasteiger partial charge in [-0.3, -0.25) is 52.7 Å². The molecule has 2 atom stereocenters. The Hall–Kier alpha value is -9.11. The molecule has 0 saturated heterocycles. The van der Waals surface area contributed by atoms with Gasteiger partial charge in [0.1, 0.15) is 0 Å². The number of nitrogens with one attached hydrogen (secondary N) is 1. The summed E-state index contributed by atoms with van der Waals surface area (Å²) in [4.78, 5) is 178. The minimum absolute atomic E-state index is 0.00473. The van der Waals surface area contributed by atoms with Crippen LogP contribution in [0.3, 0.4) is 0 Å². The van der Waals surface area contributed by atoms with Gasteiger partial charge in [0.15, 0.2) is 0 Å². The molecule has 4 rings (SSSR count). The van der Waals surface area contributed by atoms with E-state index in [9.17, 15) is 19.2 Å². The Morgan fingerprint density at radius 2 is 0.508 bits per heavy atom. The van der Waals surface area contributed by atoms with E-state index >= 15 is 33.6 Å². The number of hydrogen-bond acceptors (Lipinski definition) is 15. The average Bonchev–Trinajstić information content (AvgIpc) is 0.853. The second-order valence-electron chi connectivity index (χ2n) is 32.8. The zero-order chi connectivity index (χ0) is 88.9. The molecule has 2 unspecified atom stereocenters. The lowest BCUT2D eigenvalue weighted by Gasteiger charge is -2.34. The summed E-state index contributed by atoms with van der Waals surface area (Å²) in [5, 5.41) is 2.98. The van der Waals surface area contributed by atoms with Gasteiger partial charge in [-0.2, -0.15) is 0 Å². The Morgan fingerprint density at radius 3 is 0.770 bits per heavy atom. The van der Waals surface area contributed by atoms with Crippen molar-refractivity contribution in [1.82, 2.24) is 54.3 Å². The summed E-state index contributed by atoms with van der Waals surface area (Å²) >= 11 is 0. The van der Waals surface area contributed by atoms with E-state index in [4.69, 9.17) is 22.9 Å². The molecule has 0 heterocycles. The summed E-state index contributed by atoms with van der Waals surface area (Å²) in [6, 6.07) is 37.9. The van der Waals surface area contributed by atoms with E-state index in [0.717, 1.165) is 157 Å². The first kappa shape index (κ1) is 105. The van der Waals surface area contributed by atoms with Crippen LogP contribution in [-0.2, 0) is 78.4 Å². The number of primary amides is 1. The first-order valence-electron chi connectivity index (χ1n) is 46.2. The maximum Gasteiger partial charge on any atom is 0.242 e. The molecule has 0 aliphatic rings. The van der Waals surface area contributed by atoms with Crippen LogP contribution in [0.2, 0.25) is 0 Å². The van der Waals surface area contributed by atoms with Gasteiger partial charge in [-0.15, -0.1) is 0 Å². The van der Waals surface area contributed by atoms with Crippen molar-refractivity contribution in [2.75, 3.05) is 164 Å². The van der Waals surface area contributed by atoms with Gasteiger partial charge in [0.25, 0.3) is 0 Å². The topological polar surface area (TPSA) is 336 Å². The molecule has 4 aromatic carbocycles. The van der Waals surface area contributed by atoms with Gasteiger partial charge in [-0.05, 0) is 85.5 Å². The van der Waals surface area contributed by atoms with Gasteiger partial charge in [0.2, 0.25) is 65.0 Å². The lowest BCUT2D eigenvalue weighted by Crippen LogP contribution is -2.54. The van der Waals surface area contributed by atoms with Crippen LogP contribution in [0.4, 0.5) is 0 Å². The smallest absolute Gasteiger partial charge is 0.242 e. The first-order chi connectivity index (χ1) is 59.1. The molecular formula is C96H155N15O11. The van der Waals surface area contributed by atoms with Crippen molar-refractivity contribution >= 4 is 65.0 Å². The molecule has 0 aromatic heterocycles. The first-order valence-corrected chi connectivity index (χ1v) is 46.2. The molecule has 26 heteroatoms. The van der Waals surface area contributed by atoms with E-state index in [1.165, 1.54) is 45.6 Å². The Bertz CT molecular complexity index is 3590. The Kier molecular flexibility index (Phi) is 55.8. The second-order valence-corrected chi connectivity index (χ2v) is 32.8. The van der Waals surface area contributed by atoms with Crippen LogP contribution in [0.5, 0.6) is 0 Å². The average molecular weight is 1700 g/mol. The normalized spacial score (nSPS) is 11.6. The summed E-state index contributed by atoms with van der Waals surface area (Å²) in [6.07, 6.45) is 24.0. The molecule has 0 saturated carbocycles. The fraction of sp³-hybridized carbons (Fsp3) is 0.635. The predicted molar refractivity (Wildman–Crippen MR) is 487 cm³/mol. The molecule has 26 nitrogen and oxygen atoms in total. The second kappa shape index (κ2) is 64.6. The van der Waals surface area contributed by atoms with Crippen LogP contribution in [0.15, 0.2) is 121 Å². The van der Waals surface area contributed by atoms with Gasteiger partial charge in [-0.1, -0.05) is 291 Å². The van der Waals surface area contributed by atoms with Crippen LogP contribution < -0.4 is 28.3 Å². The quantitative estimate of drug-likeness (QED) is 0.0257. The molecule has 0 aliphatic heterocycles. The summed E-state index contributed by atoms with van der Waals surface area (Å²) < 4.78 is 0. The maximum absolute atomic E-state index is 15.7. The van der Waals surface area contributed by atoms with Crippen molar-refractivity contribution in [1.29, 1.82) is 0 Å². The van der Waals surface area contributed by atoms with Gasteiger partial charge < -0.3 is 77.3 Å². The third kappa shape index (κ3) is 44.3. The largest absolute Gasteiger partial charge is 0.368 e. The minimum atomic E-state index is -0.646. The lowest BCUT2D eigenvalue weighted by molar-refractivity contribution is -0.149. The number of unbranched alkanes of at least 4 members (excludes halogenated alkanes) is 16. The predicted octanol–water partition coefficient (Wildman–Crippen LogP) is 9.91. The SMILES string of the molecule is CCCCCCCCCCN(CC(=O)N(CC(=O)N(CCCCCCCCCC)CC(=O)N(CC(N)=O)CC(CC)CCCC)CC(CC)CCCC)C(=O)CN(CCc1ccccc1)C(=O)CN(CCc1ccccc1)C(=O)CN(CCN)C(=O)CN(CCc1ccccc1)C(=O)CN(CCc1ccccc1)C(=O)CN(CCN)C(=O)CNCCN. The zero-order valence-corrected chi connectivity index (χ0v) is 75.5. The molecule has 0 radical (unpaired) electrons. The van der Waals surface area contributed by atoms with E-state index in [2.05, 4.69) is 46.9 Å². The molecular weight excluding hydrogens is 1540 g/mol. The van der Waals surface area contributed by atoms with Crippen LogP contribution in [0, 0.1) is 11.8 Å². The lowest BCUT2D eigenvalue weighted by atomic mass is 9.98. The third-order valence-electron chi connectivity index (χ3n) is 22.9. The minimum Gasteiger partial charge on any atom is -0.368 e. The van der Waals surface area contributed by atoms with Crippen LogP contribution >= 0.6 is 0 Å². The Labute approximate surface area is 731 Å². The highest BCUT2D eigenvalue weighted by atomic mass is 16.2. The zero-order valence-electron chi connectivity index (χ0n) is 75.5. The van der Waals surface area contributed by atoms with Crippen molar-refractivity contribution in [2.24, 2.45) is 34.8 Å². The van der Waals surface area contributed by atoms with Crippen LogP contribution in [0.25, 0.3) is 0 Å². The van der Waals surface area contributed by atoms with Crippen LogP contribution in [-0.4, -0.2) is 278 Å². The number of carbonyl (C=O) groups excluding carboxylic acids is 11. The fourth-order valence-corrected chi connectivity index (χ4v) is 15.1. The van der Waals surface area contributed by atoms with Gasteiger partial charge in [-0.25, -0.2) is 0 Å².